The van der Waals surface area contributed by atoms with Gasteiger partial charge in [-0.25, -0.2) is 18.7 Å². The molecule has 0 saturated heterocycles. The smallest absolute Gasteiger partial charge is 0.256 e. The normalized spacial score (nSPS) is 18.2. The first-order valence-electron chi connectivity index (χ1n) is 11.9. The van der Waals surface area contributed by atoms with Crippen molar-refractivity contribution in [1.29, 1.82) is 0 Å². The van der Waals surface area contributed by atoms with Crippen molar-refractivity contribution in [2.75, 3.05) is 12.4 Å². The Balaban J connectivity index is 1.43. The van der Waals surface area contributed by atoms with Crippen LogP contribution in [-0.2, 0) is 11.3 Å². The zero-order chi connectivity index (χ0) is 25.4. The van der Waals surface area contributed by atoms with Gasteiger partial charge in [-0.15, -0.1) is 0 Å². The van der Waals surface area contributed by atoms with Gasteiger partial charge in [-0.3, -0.25) is 4.79 Å². The third-order valence-electron chi connectivity index (χ3n) is 6.59. The Morgan fingerprint density at radius 1 is 1.22 bits per heavy atom. The molecule has 0 aliphatic heterocycles. The van der Waals surface area contributed by atoms with E-state index < -0.39 is 13.0 Å². The van der Waals surface area contributed by atoms with E-state index in [-0.39, 0.29) is 18.0 Å². The van der Waals surface area contributed by atoms with Crippen LogP contribution in [0.15, 0.2) is 18.5 Å². The number of alkyl halides is 2. The minimum Gasteiger partial charge on any atom is -0.480 e. The summed E-state index contributed by atoms with van der Waals surface area (Å²) in [5.41, 5.74) is 3.00. The van der Waals surface area contributed by atoms with Crippen molar-refractivity contribution in [2.45, 2.75) is 64.6 Å². The lowest BCUT2D eigenvalue weighted by atomic mass is 9.91. The minimum absolute atomic E-state index is 0.00422. The topological polar surface area (TPSA) is 123 Å². The number of carbonyl (C=O) groups is 1. The number of methoxy groups -OCH3 is 1. The van der Waals surface area contributed by atoms with Crippen LogP contribution in [0.25, 0.3) is 33.3 Å². The third-order valence-corrected chi connectivity index (χ3v) is 6.59. The fourth-order valence-corrected chi connectivity index (χ4v) is 4.93. The van der Waals surface area contributed by atoms with Crippen LogP contribution in [0.5, 0.6) is 5.88 Å². The molecule has 3 N–H and O–H groups in total. The fraction of sp³-hybridized carbons (Fsp3) is 0.458. The van der Waals surface area contributed by atoms with Gasteiger partial charge in [-0.2, -0.15) is 9.97 Å². The molecule has 1 saturated carbocycles. The highest BCUT2D eigenvalue weighted by atomic mass is 19.3. The first kappa shape index (κ1) is 23.9. The number of anilines is 1. The van der Waals surface area contributed by atoms with Crippen molar-refractivity contribution in [3.05, 3.63) is 24.3 Å². The monoisotopic (exact) mass is 498 g/mol. The van der Waals surface area contributed by atoms with E-state index in [0.29, 0.717) is 45.4 Å². The summed E-state index contributed by atoms with van der Waals surface area (Å²) < 4.78 is 33.3. The zero-order valence-corrected chi connectivity index (χ0v) is 20.3. The van der Waals surface area contributed by atoms with Gasteiger partial charge in [0, 0.05) is 42.5 Å². The number of nitrogens with one attached hydrogen (secondary N) is 3. The average molecular weight is 499 g/mol. The summed E-state index contributed by atoms with van der Waals surface area (Å²) in [6.45, 7) is 2.78. The van der Waals surface area contributed by atoms with E-state index in [1.165, 1.54) is 11.5 Å². The Hall–Kier alpha value is -3.83. The highest BCUT2D eigenvalue weighted by molar-refractivity contribution is 5.98. The number of hydrogen-bond donors (Lipinski definition) is 3. The number of ether oxygens (including phenoxy) is 1. The molecule has 0 unspecified atom stereocenters. The van der Waals surface area contributed by atoms with Crippen molar-refractivity contribution >= 4 is 34.1 Å². The molecule has 1 aliphatic rings. The fourth-order valence-electron chi connectivity index (χ4n) is 4.93. The summed E-state index contributed by atoms with van der Waals surface area (Å²) in [5, 5.41) is 7.05. The molecule has 36 heavy (non-hydrogen) atoms. The van der Waals surface area contributed by atoms with Crippen molar-refractivity contribution in [3.8, 4) is 17.0 Å². The number of hydrogen-bond acceptors (Lipinski definition) is 7. The number of amides is 1. The molecular formula is C24H28F2N8O2. The maximum Gasteiger partial charge on any atom is 0.256 e. The number of imidazole rings is 1. The van der Waals surface area contributed by atoms with Gasteiger partial charge in [-0.1, -0.05) is 0 Å². The molecule has 0 radical (unpaired) electrons. The molecule has 190 valence electrons. The Morgan fingerprint density at radius 2 is 1.97 bits per heavy atom. The number of rotatable bonds is 7. The number of aryl methyl sites for hydroxylation is 1. The van der Waals surface area contributed by atoms with Gasteiger partial charge >= 0.3 is 0 Å². The first-order chi connectivity index (χ1) is 17.3. The predicted octanol–water partition coefficient (Wildman–Crippen LogP) is 3.81. The highest BCUT2D eigenvalue weighted by Crippen LogP contribution is 2.35. The first-order valence-corrected chi connectivity index (χ1v) is 11.9. The van der Waals surface area contributed by atoms with Crippen molar-refractivity contribution in [1.82, 2.24) is 34.8 Å². The minimum atomic E-state index is -2.50. The molecule has 0 aromatic carbocycles. The molecule has 0 spiro atoms. The molecular weight excluding hydrogens is 470 g/mol. The van der Waals surface area contributed by atoms with Gasteiger partial charge in [-0.05, 0) is 38.7 Å². The molecule has 4 aromatic heterocycles. The van der Waals surface area contributed by atoms with Crippen LogP contribution in [-0.4, -0.2) is 61.0 Å². The molecule has 4 aromatic rings. The lowest BCUT2D eigenvalue weighted by Crippen LogP contribution is -2.39. The van der Waals surface area contributed by atoms with Gasteiger partial charge in [0.1, 0.15) is 11.5 Å². The standard InChI is InChI=1S/C24H28F2N8O2/c1-12-29-21-18(34(12)11-19(25)26)8-14(9-27-21)17-10-28-22-20(17)23(36-3)33-24(32-22)31-16-6-4-15(5-7-16)30-13(2)35/h8-10,15-16,19H,4-7,11H2,1-3H3,(H,30,35)(H2,28,31,32,33)/t15-,16+. The lowest BCUT2D eigenvalue weighted by Gasteiger charge is -2.29. The van der Waals surface area contributed by atoms with E-state index in [1.807, 2.05) is 0 Å². The van der Waals surface area contributed by atoms with Gasteiger partial charge in [0.2, 0.25) is 17.7 Å². The Kier molecular flexibility index (Phi) is 6.42. The summed E-state index contributed by atoms with van der Waals surface area (Å²) in [7, 11) is 1.55. The van der Waals surface area contributed by atoms with Crippen molar-refractivity contribution in [2.24, 2.45) is 0 Å². The average Bonchev–Trinajstić information content (AvgIpc) is 3.40. The summed E-state index contributed by atoms with van der Waals surface area (Å²) >= 11 is 0. The number of halogens is 2. The SMILES string of the molecule is COc1nc(N[C@H]2CC[C@@H](NC(C)=O)CC2)nc2[nH]cc(-c3cnc4nc(C)n(CC(F)F)c4c3)c12. The quantitative estimate of drug-likeness (QED) is 0.354. The second-order valence-electron chi connectivity index (χ2n) is 9.10. The van der Waals surface area contributed by atoms with Crippen LogP contribution in [0.2, 0.25) is 0 Å². The number of pyridine rings is 1. The highest BCUT2D eigenvalue weighted by Gasteiger charge is 2.24. The Morgan fingerprint density at radius 3 is 2.67 bits per heavy atom. The molecule has 5 rings (SSSR count). The lowest BCUT2D eigenvalue weighted by molar-refractivity contribution is -0.119. The maximum absolute atomic E-state index is 13.1. The van der Waals surface area contributed by atoms with Crippen LogP contribution in [0.4, 0.5) is 14.7 Å². The number of nitrogens with zero attached hydrogens (tertiary/aromatic N) is 5. The predicted molar refractivity (Wildman–Crippen MR) is 131 cm³/mol. The molecule has 0 atom stereocenters. The number of fused-ring (bicyclic) bond motifs is 2. The number of aromatic amines is 1. The second kappa shape index (κ2) is 9.67. The molecule has 0 bridgehead atoms. The van der Waals surface area contributed by atoms with E-state index >= 15 is 0 Å². The van der Waals surface area contributed by atoms with Gasteiger partial charge in [0.15, 0.2) is 5.65 Å². The second-order valence-corrected chi connectivity index (χ2v) is 9.10. The largest absolute Gasteiger partial charge is 0.480 e. The maximum atomic E-state index is 13.1. The van der Waals surface area contributed by atoms with Gasteiger partial charge in [0.25, 0.3) is 6.43 Å². The third kappa shape index (κ3) is 4.67. The van der Waals surface area contributed by atoms with Crippen LogP contribution < -0.4 is 15.4 Å². The Bertz CT molecular complexity index is 1410. The van der Waals surface area contributed by atoms with Crippen LogP contribution in [0.1, 0.15) is 38.4 Å². The van der Waals surface area contributed by atoms with Crippen LogP contribution in [0, 0.1) is 6.92 Å². The van der Waals surface area contributed by atoms with E-state index in [2.05, 4.69) is 35.6 Å². The molecule has 1 aliphatic carbocycles. The zero-order valence-electron chi connectivity index (χ0n) is 20.3. The Labute approximate surface area is 205 Å². The summed E-state index contributed by atoms with van der Waals surface area (Å²) in [5.74, 6) is 1.32. The van der Waals surface area contributed by atoms with Gasteiger partial charge in [0.05, 0.1) is 24.6 Å². The van der Waals surface area contributed by atoms with Crippen LogP contribution in [0.3, 0.4) is 0 Å². The van der Waals surface area contributed by atoms with E-state index in [4.69, 9.17) is 4.74 Å². The molecule has 1 amide bonds. The number of aromatic nitrogens is 6. The molecule has 1 fully saturated rings. The molecule has 10 nitrogen and oxygen atoms in total. The summed E-state index contributed by atoms with van der Waals surface area (Å²) in [6, 6.07) is 2.19. The van der Waals surface area contributed by atoms with Crippen LogP contribution >= 0.6 is 0 Å². The van der Waals surface area contributed by atoms with E-state index in [0.717, 1.165) is 31.2 Å². The summed E-state index contributed by atoms with van der Waals surface area (Å²) in [4.78, 5) is 32.4. The number of H-pyrrole nitrogens is 1. The van der Waals surface area contributed by atoms with Crippen molar-refractivity contribution < 1.29 is 18.3 Å². The van der Waals surface area contributed by atoms with Gasteiger partial charge < -0.3 is 24.9 Å². The van der Waals surface area contributed by atoms with E-state index in [9.17, 15) is 13.6 Å². The van der Waals surface area contributed by atoms with Crippen molar-refractivity contribution in [3.63, 3.8) is 0 Å². The molecule has 12 heteroatoms. The number of carbonyl (C=O) groups excluding carboxylic acids is 1. The molecule has 4 heterocycles. The van der Waals surface area contributed by atoms with E-state index in [1.54, 1.807) is 32.5 Å². The summed E-state index contributed by atoms with van der Waals surface area (Å²) in [6.07, 6.45) is 4.50.